The lowest BCUT2D eigenvalue weighted by Gasteiger charge is -2.11. The molecule has 0 spiro atoms. The van der Waals surface area contributed by atoms with Crippen molar-refractivity contribution in [3.05, 3.63) is 77.2 Å². The Morgan fingerprint density at radius 3 is 2.38 bits per heavy atom. The van der Waals surface area contributed by atoms with Crippen molar-refractivity contribution in [2.75, 3.05) is 7.05 Å². The molecule has 24 heavy (non-hydrogen) atoms. The lowest BCUT2D eigenvalue weighted by molar-refractivity contribution is -0.137. The molecule has 126 valence electrons. The number of rotatable bonds is 5. The fourth-order valence-corrected chi connectivity index (χ4v) is 2.22. The number of ketones is 1. The van der Waals surface area contributed by atoms with Crippen molar-refractivity contribution in [2.45, 2.75) is 12.6 Å². The van der Waals surface area contributed by atoms with Crippen LogP contribution in [0.2, 0.25) is 0 Å². The van der Waals surface area contributed by atoms with Crippen LogP contribution in [0.15, 0.2) is 54.7 Å². The number of alkyl halides is 3. The molecule has 0 bridgehead atoms. The second kappa shape index (κ2) is 7.29. The van der Waals surface area contributed by atoms with E-state index in [2.05, 4.69) is 5.32 Å². The van der Waals surface area contributed by atoms with Crippen LogP contribution in [-0.4, -0.2) is 12.8 Å². The highest BCUT2D eigenvalue weighted by molar-refractivity contribution is 6.21. The van der Waals surface area contributed by atoms with Crippen molar-refractivity contribution in [1.82, 2.24) is 5.32 Å². The zero-order valence-corrected chi connectivity index (χ0v) is 12.8. The van der Waals surface area contributed by atoms with E-state index in [0.717, 1.165) is 12.1 Å². The molecule has 0 radical (unpaired) electrons. The van der Waals surface area contributed by atoms with Crippen LogP contribution in [0, 0.1) is 5.82 Å². The molecule has 0 saturated heterocycles. The van der Waals surface area contributed by atoms with Gasteiger partial charge >= 0.3 is 6.18 Å². The zero-order chi connectivity index (χ0) is 17.7. The molecule has 0 heterocycles. The summed E-state index contributed by atoms with van der Waals surface area (Å²) in [4.78, 5) is 12.5. The minimum Gasteiger partial charge on any atom is -0.393 e. The molecule has 2 aromatic carbocycles. The first kappa shape index (κ1) is 17.7. The van der Waals surface area contributed by atoms with Crippen molar-refractivity contribution in [3.8, 4) is 0 Å². The smallest absolute Gasteiger partial charge is 0.393 e. The highest BCUT2D eigenvalue weighted by Crippen LogP contribution is 2.31. The molecular formula is C18H15F4NO. The van der Waals surface area contributed by atoms with E-state index < -0.39 is 17.6 Å². The number of carbonyl (C=O) groups is 1. The fraction of sp³-hybridized carbons (Fsp3) is 0.167. The molecule has 0 aliphatic carbocycles. The molecule has 1 N–H and O–H groups in total. The van der Waals surface area contributed by atoms with Crippen molar-refractivity contribution < 1.29 is 22.4 Å². The third kappa shape index (κ3) is 4.44. The van der Waals surface area contributed by atoms with Gasteiger partial charge in [0.05, 0.1) is 5.56 Å². The van der Waals surface area contributed by atoms with E-state index in [4.69, 9.17) is 0 Å². The number of allylic oxidation sites excluding steroid dienone is 1. The number of carbonyl (C=O) groups excluding carboxylic acids is 1. The van der Waals surface area contributed by atoms with Gasteiger partial charge in [-0.3, -0.25) is 4.79 Å². The number of hydrogen-bond donors (Lipinski definition) is 1. The van der Waals surface area contributed by atoms with E-state index in [1.54, 1.807) is 7.05 Å². The summed E-state index contributed by atoms with van der Waals surface area (Å²) >= 11 is 0. The lowest BCUT2D eigenvalue weighted by Crippen LogP contribution is -2.11. The maximum atomic E-state index is 12.9. The van der Waals surface area contributed by atoms with Crippen LogP contribution in [0.4, 0.5) is 17.6 Å². The molecule has 6 heteroatoms. The van der Waals surface area contributed by atoms with Crippen molar-refractivity contribution in [1.29, 1.82) is 0 Å². The monoisotopic (exact) mass is 337 g/mol. The summed E-state index contributed by atoms with van der Waals surface area (Å²) in [7, 11) is 1.55. The van der Waals surface area contributed by atoms with E-state index >= 15 is 0 Å². The second-order valence-corrected chi connectivity index (χ2v) is 5.15. The minimum atomic E-state index is -4.49. The van der Waals surface area contributed by atoms with E-state index in [1.807, 2.05) is 0 Å². The number of Topliss-reactive ketones (excluding diaryl/α,β-unsaturated/α-hetero) is 1. The summed E-state index contributed by atoms with van der Waals surface area (Å²) in [6.45, 7) is 0. The Morgan fingerprint density at radius 1 is 1.12 bits per heavy atom. The zero-order valence-electron chi connectivity index (χ0n) is 12.8. The van der Waals surface area contributed by atoms with Gasteiger partial charge in [-0.25, -0.2) is 4.39 Å². The topological polar surface area (TPSA) is 29.1 Å². The van der Waals surface area contributed by atoms with Crippen molar-refractivity contribution >= 4 is 11.4 Å². The Morgan fingerprint density at radius 2 is 1.79 bits per heavy atom. The van der Waals surface area contributed by atoms with Gasteiger partial charge < -0.3 is 5.32 Å². The molecule has 2 nitrogen and oxygen atoms in total. The lowest BCUT2D eigenvalue weighted by atomic mass is 9.96. The predicted molar refractivity (Wildman–Crippen MR) is 83.6 cm³/mol. The van der Waals surface area contributed by atoms with Crippen LogP contribution < -0.4 is 5.32 Å². The third-order valence-corrected chi connectivity index (χ3v) is 3.37. The van der Waals surface area contributed by atoms with Gasteiger partial charge in [0.25, 0.3) is 0 Å². The molecule has 2 aromatic rings. The molecule has 0 amide bonds. The summed E-state index contributed by atoms with van der Waals surface area (Å²) in [5.74, 6) is -0.787. The quantitative estimate of drug-likeness (QED) is 0.654. The molecule has 2 rings (SSSR count). The first-order valence-corrected chi connectivity index (χ1v) is 7.14. The van der Waals surface area contributed by atoms with E-state index in [9.17, 15) is 22.4 Å². The SMILES string of the molecule is CNC=C(C(=O)Cc1ccc(F)cc1)c1cccc(C(F)(F)F)c1. The Bertz CT molecular complexity index is 748. The van der Waals surface area contributed by atoms with Gasteiger partial charge in [0.2, 0.25) is 0 Å². The molecule has 0 unspecified atom stereocenters. The van der Waals surface area contributed by atoms with Crippen LogP contribution in [0.25, 0.3) is 5.57 Å². The molecule has 0 aliphatic heterocycles. The summed E-state index contributed by atoms with van der Waals surface area (Å²) in [5, 5.41) is 2.68. The minimum absolute atomic E-state index is 0.0377. The third-order valence-electron chi connectivity index (χ3n) is 3.37. The Kier molecular flexibility index (Phi) is 5.39. The summed E-state index contributed by atoms with van der Waals surface area (Å²) in [5.41, 5.74) is 0.0613. The summed E-state index contributed by atoms with van der Waals surface area (Å²) in [6.07, 6.45) is -3.16. The predicted octanol–water partition coefficient (Wildman–Crippen LogP) is 4.22. The highest BCUT2D eigenvalue weighted by atomic mass is 19.4. The van der Waals surface area contributed by atoms with E-state index in [-0.39, 0.29) is 23.3 Å². The van der Waals surface area contributed by atoms with E-state index in [1.165, 1.54) is 42.6 Å². The molecule has 0 atom stereocenters. The van der Waals surface area contributed by atoms with Crippen LogP contribution in [0.5, 0.6) is 0 Å². The van der Waals surface area contributed by atoms with Crippen LogP contribution in [-0.2, 0) is 17.4 Å². The first-order valence-electron chi connectivity index (χ1n) is 7.14. The van der Waals surface area contributed by atoms with Crippen LogP contribution >= 0.6 is 0 Å². The van der Waals surface area contributed by atoms with Gasteiger partial charge in [0, 0.05) is 25.2 Å². The van der Waals surface area contributed by atoms with E-state index in [0.29, 0.717) is 5.56 Å². The largest absolute Gasteiger partial charge is 0.416 e. The van der Waals surface area contributed by atoms with Crippen LogP contribution in [0.1, 0.15) is 16.7 Å². The molecule has 0 saturated carbocycles. The van der Waals surface area contributed by atoms with Gasteiger partial charge in [-0.1, -0.05) is 24.3 Å². The van der Waals surface area contributed by atoms with Gasteiger partial charge in [-0.05, 0) is 35.4 Å². The second-order valence-electron chi connectivity index (χ2n) is 5.15. The van der Waals surface area contributed by atoms with Gasteiger partial charge in [-0.2, -0.15) is 13.2 Å². The Labute approximate surface area is 136 Å². The van der Waals surface area contributed by atoms with Gasteiger partial charge in [-0.15, -0.1) is 0 Å². The first-order chi connectivity index (χ1) is 11.3. The maximum absolute atomic E-state index is 12.9. The standard InChI is InChI=1S/C18H15F4NO/c1-23-11-16(13-3-2-4-14(10-13)18(20,21)22)17(24)9-12-5-7-15(19)8-6-12/h2-8,10-11,23H,9H2,1H3. The average Bonchev–Trinajstić information content (AvgIpc) is 2.54. The molecule has 0 aliphatic rings. The summed E-state index contributed by atoms with van der Waals surface area (Å²) in [6, 6.07) is 9.99. The number of nitrogens with one attached hydrogen (secondary N) is 1. The fourth-order valence-electron chi connectivity index (χ4n) is 2.22. The number of benzene rings is 2. The molecular weight excluding hydrogens is 322 g/mol. The molecule has 0 fully saturated rings. The summed E-state index contributed by atoms with van der Waals surface area (Å²) < 4.78 is 51.5. The van der Waals surface area contributed by atoms with Crippen molar-refractivity contribution in [2.24, 2.45) is 0 Å². The maximum Gasteiger partial charge on any atom is 0.416 e. The normalized spacial score (nSPS) is 12.1. The van der Waals surface area contributed by atoms with Crippen LogP contribution in [0.3, 0.4) is 0 Å². The Hall–Kier alpha value is -2.63. The van der Waals surface area contributed by atoms with Crippen molar-refractivity contribution in [3.63, 3.8) is 0 Å². The average molecular weight is 337 g/mol. The molecule has 0 aromatic heterocycles. The highest BCUT2D eigenvalue weighted by Gasteiger charge is 2.30. The number of hydrogen-bond acceptors (Lipinski definition) is 2. The van der Waals surface area contributed by atoms with Gasteiger partial charge in [0.1, 0.15) is 5.82 Å². The Balaban J connectivity index is 2.31. The number of halogens is 4. The van der Waals surface area contributed by atoms with Gasteiger partial charge in [0.15, 0.2) is 5.78 Å².